The summed E-state index contributed by atoms with van der Waals surface area (Å²) in [5.41, 5.74) is 0.376. The van der Waals surface area contributed by atoms with Crippen LogP contribution in [0.15, 0.2) is 18.2 Å². The molecule has 6 heteroatoms. The van der Waals surface area contributed by atoms with E-state index in [1.165, 1.54) is 6.07 Å². The summed E-state index contributed by atoms with van der Waals surface area (Å²) in [6.45, 7) is 0. The van der Waals surface area contributed by atoms with Crippen LogP contribution in [0.3, 0.4) is 0 Å². The van der Waals surface area contributed by atoms with E-state index in [4.69, 9.17) is 5.26 Å². The second kappa shape index (κ2) is 4.92. The van der Waals surface area contributed by atoms with Gasteiger partial charge in [0, 0.05) is 0 Å². The van der Waals surface area contributed by atoms with Crippen molar-refractivity contribution in [3.05, 3.63) is 41.0 Å². The first-order valence-electron chi connectivity index (χ1n) is 6.76. The Labute approximate surface area is 121 Å². The standard InChI is InChI=1S/C15H13F2NO2S/c16-14-6-10(7-15(17)13(14)8-18)9-4-11-2-1-3-12(5-9)21(11,19)20/h4,6-7,11-12H,1-3,5H2. The number of rotatable bonds is 1. The van der Waals surface area contributed by atoms with E-state index >= 15 is 0 Å². The predicted octanol–water partition coefficient (Wildman–Crippen LogP) is 2.96. The normalized spacial score (nSPS) is 26.8. The van der Waals surface area contributed by atoms with Crippen molar-refractivity contribution < 1.29 is 17.2 Å². The summed E-state index contributed by atoms with van der Waals surface area (Å²) >= 11 is 0. The van der Waals surface area contributed by atoms with Crippen LogP contribution in [-0.4, -0.2) is 18.9 Å². The third kappa shape index (κ3) is 2.26. The van der Waals surface area contributed by atoms with E-state index in [-0.39, 0.29) is 6.42 Å². The van der Waals surface area contributed by atoms with E-state index in [9.17, 15) is 17.2 Å². The molecule has 1 aromatic carbocycles. The Hall–Kier alpha value is -1.74. The Morgan fingerprint density at radius 3 is 2.43 bits per heavy atom. The fourth-order valence-electron chi connectivity index (χ4n) is 3.14. The maximum Gasteiger partial charge on any atom is 0.159 e. The van der Waals surface area contributed by atoms with Crippen LogP contribution in [-0.2, 0) is 9.84 Å². The molecule has 0 radical (unpaired) electrons. The lowest BCUT2D eigenvalue weighted by Gasteiger charge is -2.33. The number of halogens is 2. The number of hydrogen-bond donors (Lipinski definition) is 0. The molecule has 2 aliphatic rings. The monoisotopic (exact) mass is 309 g/mol. The molecule has 0 saturated carbocycles. The highest BCUT2D eigenvalue weighted by Gasteiger charge is 2.40. The van der Waals surface area contributed by atoms with Gasteiger partial charge in [0.25, 0.3) is 0 Å². The zero-order chi connectivity index (χ0) is 15.2. The summed E-state index contributed by atoms with van der Waals surface area (Å²) in [6, 6.07) is 3.71. The summed E-state index contributed by atoms with van der Waals surface area (Å²) in [5, 5.41) is 7.66. The first-order valence-corrected chi connectivity index (χ1v) is 8.37. The van der Waals surface area contributed by atoms with Crippen LogP contribution in [0.5, 0.6) is 0 Å². The molecule has 1 saturated heterocycles. The van der Waals surface area contributed by atoms with Gasteiger partial charge < -0.3 is 0 Å². The van der Waals surface area contributed by atoms with Crippen molar-refractivity contribution in [2.24, 2.45) is 0 Å². The molecule has 0 aliphatic carbocycles. The quantitative estimate of drug-likeness (QED) is 0.801. The molecular weight excluding hydrogens is 296 g/mol. The van der Waals surface area contributed by atoms with Gasteiger partial charge in [-0.2, -0.15) is 5.26 Å². The van der Waals surface area contributed by atoms with Crippen molar-refractivity contribution in [2.75, 3.05) is 0 Å². The Morgan fingerprint density at radius 2 is 1.86 bits per heavy atom. The molecule has 110 valence electrons. The van der Waals surface area contributed by atoms with Gasteiger partial charge in [0.2, 0.25) is 0 Å². The SMILES string of the molecule is N#Cc1c(F)cc(C2=CC3CCCC(C2)S3(=O)=O)cc1F. The van der Waals surface area contributed by atoms with Gasteiger partial charge in [-0.1, -0.05) is 12.5 Å². The van der Waals surface area contributed by atoms with Crippen LogP contribution in [0.4, 0.5) is 8.78 Å². The van der Waals surface area contributed by atoms with E-state index in [2.05, 4.69) is 0 Å². The highest BCUT2D eigenvalue weighted by molar-refractivity contribution is 7.93. The molecule has 2 heterocycles. The van der Waals surface area contributed by atoms with E-state index in [1.807, 2.05) is 0 Å². The molecule has 2 bridgehead atoms. The molecule has 1 fully saturated rings. The van der Waals surface area contributed by atoms with Crippen LogP contribution in [0, 0.1) is 23.0 Å². The number of sulfone groups is 1. The van der Waals surface area contributed by atoms with Crippen molar-refractivity contribution in [1.29, 1.82) is 5.26 Å². The third-order valence-electron chi connectivity index (χ3n) is 4.26. The number of benzene rings is 1. The Kier molecular flexibility index (Phi) is 3.33. The lowest BCUT2D eigenvalue weighted by molar-refractivity contribution is 0.517. The molecule has 0 N–H and O–H groups in total. The zero-order valence-electron chi connectivity index (χ0n) is 11.1. The van der Waals surface area contributed by atoms with Crippen LogP contribution in [0.2, 0.25) is 0 Å². The number of nitriles is 1. The number of hydrogen-bond acceptors (Lipinski definition) is 3. The van der Waals surface area contributed by atoms with Crippen molar-refractivity contribution in [3.8, 4) is 6.07 Å². The zero-order valence-corrected chi connectivity index (χ0v) is 12.0. The maximum absolute atomic E-state index is 13.7. The molecule has 0 amide bonds. The molecule has 1 aromatic rings. The summed E-state index contributed by atoms with van der Waals surface area (Å²) in [7, 11) is -3.16. The predicted molar refractivity (Wildman–Crippen MR) is 74.0 cm³/mol. The lowest BCUT2D eigenvalue weighted by atomic mass is 9.92. The third-order valence-corrected chi connectivity index (χ3v) is 6.81. The van der Waals surface area contributed by atoms with Gasteiger partial charge in [0.05, 0.1) is 10.5 Å². The van der Waals surface area contributed by atoms with Crippen molar-refractivity contribution in [3.63, 3.8) is 0 Å². The van der Waals surface area contributed by atoms with Crippen LogP contribution >= 0.6 is 0 Å². The van der Waals surface area contributed by atoms with E-state index in [1.54, 1.807) is 6.08 Å². The van der Waals surface area contributed by atoms with Gasteiger partial charge in [-0.15, -0.1) is 0 Å². The highest BCUT2D eigenvalue weighted by Crippen LogP contribution is 2.39. The van der Waals surface area contributed by atoms with Crippen LogP contribution in [0.25, 0.3) is 5.57 Å². The van der Waals surface area contributed by atoms with Gasteiger partial charge in [-0.25, -0.2) is 17.2 Å². The molecule has 2 aliphatic heterocycles. The number of fused-ring (bicyclic) bond motifs is 2. The van der Waals surface area contributed by atoms with Gasteiger partial charge in [-0.3, -0.25) is 0 Å². The smallest absolute Gasteiger partial charge is 0.159 e. The lowest BCUT2D eigenvalue weighted by Crippen LogP contribution is -2.38. The van der Waals surface area contributed by atoms with Crippen LogP contribution < -0.4 is 0 Å². The molecule has 0 aromatic heterocycles. The van der Waals surface area contributed by atoms with Crippen molar-refractivity contribution >= 4 is 15.4 Å². The Bertz CT molecular complexity index is 754. The Balaban J connectivity index is 2.07. The van der Waals surface area contributed by atoms with Gasteiger partial charge in [0.1, 0.15) is 23.3 Å². The minimum atomic E-state index is -3.16. The Morgan fingerprint density at radius 1 is 1.19 bits per heavy atom. The summed E-state index contributed by atoms with van der Waals surface area (Å²) in [5.74, 6) is -1.82. The van der Waals surface area contributed by atoms with E-state index in [0.717, 1.165) is 18.6 Å². The fourth-order valence-corrected chi connectivity index (χ4v) is 5.39. The minimum absolute atomic E-state index is 0.281. The molecule has 2 unspecified atom stereocenters. The fraction of sp³-hybridized carbons (Fsp3) is 0.400. The first kappa shape index (κ1) is 14.2. The largest absolute Gasteiger partial charge is 0.228 e. The second-order valence-corrected chi connectivity index (χ2v) is 7.95. The van der Waals surface area contributed by atoms with E-state index < -0.39 is 37.5 Å². The van der Waals surface area contributed by atoms with Crippen molar-refractivity contribution in [2.45, 2.75) is 36.2 Å². The molecule has 0 spiro atoms. The maximum atomic E-state index is 13.7. The minimum Gasteiger partial charge on any atom is -0.228 e. The van der Waals surface area contributed by atoms with E-state index in [0.29, 0.717) is 24.0 Å². The topological polar surface area (TPSA) is 57.9 Å². The van der Waals surface area contributed by atoms with Gasteiger partial charge >= 0.3 is 0 Å². The first-order chi connectivity index (χ1) is 9.93. The number of nitrogens with zero attached hydrogens (tertiary/aromatic N) is 1. The molecule has 21 heavy (non-hydrogen) atoms. The molecule has 3 rings (SSSR count). The van der Waals surface area contributed by atoms with Crippen LogP contribution in [0.1, 0.15) is 36.8 Å². The second-order valence-electron chi connectivity index (χ2n) is 5.50. The van der Waals surface area contributed by atoms with Gasteiger partial charge in [-0.05, 0) is 42.5 Å². The molecule has 3 nitrogen and oxygen atoms in total. The molecular formula is C15H13F2NO2S. The average Bonchev–Trinajstić information content (AvgIpc) is 2.36. The summed E-state index contributed by atoms with van der Waals surface area (Å²) < 4.78 is 51.7. The summed E-state index contributed by atoms with van der Waals surface area (Å²) in [4.78, 5) is 0. The summed E-state index contributed by atoms with van der Waals surface area (Å²) in [6.07, 6.45) is 3.91. The van der Waals surface area contributed by atoms with Gasteiger partial charge in [0.15, 0.2) is 9.84 Å². The average molecular weight is 309 g/mol. The molecule has 2 atom stereocenters. The number of allylic oxidation sites excluding steroid dienone is 1. The highest BCUT2D eigenvalue weighted by atomic mass is 32.2. The van der Waals surface area contributed by atoms with Crippen molar-refractivity contribution in [1.82, 2.24) is 0 Å².